The highest BCUT2D eigenvalue weighted by Crippen LogP contribution is 2.08. The number of carbonyl (C=O) groups excluding carboxylic acids is 1. The summed E-state index contributed by atoms with van der Waals surface area (Å²) in [6.07, 6.45) is 3.46. The Morgan fingerprint density at radius 2 is 2.10 bits per heavy atom. The van der Waals surface area contributed by atoms with Gasteiger partial charge >= 0.3 is 0 Å². The van der Waals surface area contributed by atoms with Gasteiger partial charge in [-0.25, -0.2) is 0 Å². The number of amides is 1. The zero-order valence-electron chi connectivity index (χ0n) is 5.89. The van der Waals surface area contributed by atoms with E-state index in [0.717, 1.165) is 25.9 Å². The molecule has 0 unspecified atom stereocenters. The minimum Gasteiger partial charge on any atom is -0.366 e. The first-order chi connectivity index (χ1) is 4.79. The normalized spacial score (nSPS) is 18.6. The topological polar surface area (TPSA) is 55.1 Å². The van der Waals surface area contributed by atoms with Crippen LogP contribution in [0.25, 0.3) is 0 Å². The second-order valence-corrected chi connectivity index (χ2v) is 2.45. The smallest absolute Gasteiger partial charge is 0.241 e. The molecule has 0 atom stereocenters. The Morgan fingerprint density at radius 1 is 1.50 bits per heavy atom. The number of carbonyl (C=O) groups is 1. The Balaban J connectivity index is 2.45. The molecule has 1 amide bonds. The van der Waals surface area contributed by atoms with Gasteiger partial charge in [-0.1, -0.05) is 5.57 Å². The van der Waals surface area contributed by atoms with Crippen LogP contribution in [-0.2, 0) is 4.79 Å². The third-order valence-electron chi connectivity index (χ3n) is 1.59. The summed E-state index contributed by atoms with van der Waals surface area (Å²) in [6, 6.07) is 0. The Morgan fingerprint density at radius 3 is 2.60 bits per heavy atom. The van der Waals surface area contributed by atoms with Gasteiger partial charge in [-0.15, -0.1) is 0 Å². The van der Waals surface area contributed by atoms with Crippen LogP contribution in [-0.4, -0.2) is 19.0 Å². The molecule has 3 N–H and O–H groups in total. The molecule has 56 valence electrons. The van der Waals surface area contributed by atoms with E-state index in [-0.39, 0.29) is 5.91 Å². The highest BCUT2D eigenvalue weighted by atomic mass is 16.1. The van der Waals surface area contributed by atoms with Gasteiger partial charge < -0.3 is 11.1 Å². The molecule has 1 rings (SSSR count). The number of rotatable bonds is 1. The summed E-state index contributed by atoms with van der Waals surface area (Å²) < 4.78 is 0. The molecule has 1 aliphatic heterocycles. The number of piperidine rings is 1. The van der Waals surface area contributed by atoms with Crippen molar-refractivity contribution in [1.29, 1.82) is 0 Å². The van der Waals surface area contributed by atoms with Gasteiger partial charge in [-0.3, -0.25) is 4.79 Å². The van der Waals surface area contributed by atoms with Crippen molar-refractivity contribution in [2.24, 2.45) is 5.73 Å². The van der Waals surface area contributed by atoms with Crippen molar-refractivity contribution in [1.82, 2.24) is 5.32 Å². The molecule has 1 saturated heterocycles. The van der Waals surface area contributed by atoms with Crippen LogP contribution in [0.1, 0.15) is 12.8 Å². The Hall–Kier alpha value is -0.830. The van der Waals surface area contributed by atoms with Crippen molar-refractivity contribution >= 4 is 5.91 Å². The fraction of sp³-hybridized carbons (Fsp3) is 0.571. The predicted molar refractivity (Wildman–Crippen MR) is 39.4 cm³/mol. The van der Waals surface area contributed by atoms with Gasteiger partial charge in [0.05, 0.1) is 0 Å². The van der Waals surface area contributed by atoms with Crippen LogP contribution in [0.15, 0.2) is 11.6 Å². The highest BCUT2D eigenvalue weighted by molar-refractivity contribution is 5.86. The molecule has 0 aromatic rings. The standard InChI is InChI=1S/C7H12N2O/c8-7(10)5-6-1-3-9-4-2-6/h5,9H,1-4H2,(H2,8,10). The first-order valence-electron chi connectivity index (χ1n) is 3.48. The van der Waals surface area contributed by atoms with E-state index >= 15 is 0 Å². The largest absolute Gasteiger partial charge is 0.366 e. The van der Waals surface area contributed by atoms with Gasteiger partial charge in [0.15, 0.2) is 0 Å². The lowest BCUT2D eigenvalue weighted by Gasteiger charge is -2.13. The number of hydrogen-bond acceptors (Lipinski definition) is 2. The van der Waals surface area contributed by atoms with Gasteiger partial charge in [0, 0.05) is 6.08 Å². The average Bonchev–Trinajstić information content (AvgIpc) is 1.88. The Bertz CT molecular complexity index is 155. The van der Waals surface area contributed by atoms with E-state index in [1.807, 2.05) is 0 Å². The van der Waals surface area contributed by atoms with E-state index in [2.05, 4.69) is 5.32 Å². The quantitative estimate of drug-likeness (QED) is 0.495. The van der Waals surface area contributed by atoms with Gasteiger partial charge in [-0.2, -0.15) is 0 Å². The van der Waals surface area contributed by atoms with Gasteiger partial charge in [0.25, 0.3) is 0 Å². The molecule has 0 bridgehead atoms. The Kier molecular flexibility index (Phi) is 2.45. The van der Waals surface area contributed by atoms with Crippen LogP contribution in [0.5, 0.6) is 0 Å². The van der Waals surface area contributed by atoms with Crippen molar-refractivity contribution in [3.05, 3.63) is 11.6 Å². The van der Waals surface area contributed by atoms with E-state index in [1.54, 1.807) is 6.08 Å². The minimum atomic E-state index is -0.322. The van der Waals surface area contributed by atoms with Crippen molar-refractivity contribution in [2.75, 3.05) is 13.1 Å². The molecule has 0 aromatic heterocycles. The van der Waals surface area contributed by atoms with Crippen LogP contribution in [0.3, 0.4) is 0 Å². The lowest BCUT2D eigenvalue weighted by molar-refractivity contribution is -0.113. The SMILES string of the molecule is NC(=O)C=C1CCNCC1. The van der Waals surface area contributed by atoms with Crippen LogP contribution >= 0.6 is 0 Å². The van der Waals surface area contributed by atoms with Crippen LogP contribution in [0, 0.1) is 0 Å². The van der Waals surface area contributed by atoms with Crippen LogP contribution in [0.4, 0.5) is 0 Å². The van der Waals surface area contributed by atoms with E-state index in [1.165, 1.54) is 5.57 Å². The maximum Gasteiger partial charge on any atom is 0.241 e. The molecule has 3 nitrogen and oxygen atoms in total. The average molecular weight is 140 g/mol. The summed E-state index contributed by atoms with van der Waals surface area (Å²) in [4.78, 5) is 10.4. The number of nitrogens with one attached hydrogen (secondary N) is 1. The second-order valence-electron chi connectivity index (χ2n) is 2.45. The molecule has 1 aliphatic rings. The zero-order valence-corrected chi connectivity index (χ0v) is 5.89. The molecular formula is C7H12N2O. The van der Waals surface area contributed by atoms with E-state index in [0.29, 0.717) is 0 Å². The van der Waals surface area contributed by atoms with Crippen LogP contribution in [0.2, 0.25) is 0 Å². The monoisotopic (exact) mass is 140 g/mol. The third-order valence-corrected chi connectivity index (χ3v) is 1.59. The molecule has 0 spiro atoms. The van der Waals surface area contributed by atoms with Gasteiger partial charge in [0.2, 0.25) is 5.91 Å². The molecule has 1 heterocycles. The van der Waals surface area contributed by atoms with Crippen LogP contribution < -0.4 is 11.1 Å². The summed E-state index contributed by atoms with van der Waals surface area (Å²) in [5.41, 5.74) is 6.16. The lowest BCUT2D eigenvalue weighted by Crippen LogP contribution is -2.24. The fourth-order valence-electron chi connectivity index (χ4n) is 1.09. The van der Waals surface area contributed by atoms with Crippen molar-refractivity contribution in [2.45, 2.75) is 12.8 Å². The maximum absolute atomic E-state index is 10.4. The number of primary amides is 1. The molecule has 0 aromatic carbocycles. The molecule has 0 aliphatic carbocycles. The maximum atomic E-state index is 10.4. The van der Waals surface area contributed by atoms with Crippen molar-refractivity contribution in [3.63, 3.8) is 0 Å². The van der Waals surface area contributed by atoms with Gasteiger partial charge in [-0.05, 0) is 25.9 Å². The van der Waals surface area contributed by atoms with Crippen molar-refractivity contribution in [3.8, 4) is 0 Å². The first-order valence-corrected chi connectivity index (χ1v) is 3.48. The summed E-state index contributed by atoms with van der Waals surface area (Å²) >= 11 is 0. The molecule has 1 fully saturated rings. The summed E-state index contributed by atoms with van der Waals surface area (Å²) in [7, 11) is 0. The predicted octanol–water partition coefficient (Wildman–Crippen LogP) is -0.218. The minimum absolute atomic E-state index is 0.322. The Labute approximate surface area is 60.3 Å². The molecule has 3 heteroatoms. The summed E-state index contributed by atoms with van der Waals surface area (Å²) in [5.74, 6) is -0.322. The molecular weight excluding hydrogens is 128 g/mol. The number of hydrogen-bond donors (Lipinski definition) is 2. The van der Waals surface area contributed by atoms with E-state index in [9.17, 15) is 4.79 Å². The number of nitrogens with two attached hydrogens (primary N) is 1. The lowest BCUT2D eigenvalue weighted by atomic mass is 10.1. The summed E-state index contributed by atoms with van der Waals surface area (Å²) in [5, 5.41) is 3.20. The van der Waals surface area contributed by atoms with E-state index < -0.39 is 0 Å². The van der Waals surface area contributed by atoms with Crippen molar-refractivity contribution < 1.29 is 4.79 Å². The first kappa shape index (κ1) is 7.28. The second kappa shape index (κ2) is 3.37. The third kappa shape index (κ3) is 2.19. The molecule has 0 saturated carbocycles. The molecule has 0 radical (unpaired) electrons. The summed E-state index contributed by atoms with van der Waals surface area (Å²) in [6.45, 7) is 1.94. The van der Waals surface area contributed by atoms with Gasteiger partial charge in [0.1, 0.15) is 0 Å². The zero-order chi connectivity index (χ0) is 7.40. The fourth-order valence-corrected chi connectivity index (χ4v) is 1.09. The molecule has 10 heavy (non-hydrogen) atoms. The van der Waals surface area contributed by atoms with E-state index in [4.69, 9.17) is 5.73 Å². The highest BCUT2D eigenvalue weighted by Gasteiger charge is 2.04.